The standard InChI is InChI=1S/C24H25N5O2S2/c1-16(2)19-14-32-23(25-19)26-22(30)15-33-24-28-27-21(29(24)18-10-5-4-6-11-18)13-31-20-12-8-7-9-17(20)3/h4-12,14,16H,13,15H2,1-3H3,(H,25,26,30). The molecule has 33 heavy (non-hydrogen) atoms. The molecule has 0 aliphatic rings. The van der Waals surface area contributed by atoms with Gasteiger partial charge in [-0.3, -0.25) is 9.36 Å². The van der Waals surface area contributed by atoms with Gasteiger partial charge in [-0.1, -0.05) is 62.0 Å². The average Bonchev–Trinajstić information content (AvgIpc) is 3.45. The van der Waals surface area contributed by atoms with Gasteiger partial charge in [0.15, 0.2) is 16.1 Å². The molecule has 0 saturated heterocycles. The van der Waals surface area contributed by atoms with Gasteiger partial charge in [0.2, 0.25) is 5.91 Å². The molecule has 1 amide bonds. The Morgan fingerprint density at radius 1 is 1.12 bits per heavy atom. The summed E-state index contributed by atoms with van der Waals surface area (Å²) in [5.74, 6) is 1.85. The van der Waals surface area contributed by atoms with Gasteiger partial charge in [0, 0.05) is 11.1 Å². The normalized spacial score (nSPS) is 11.0. The summed E-state index contributed by atoms with van der Waals surface area (Å²) in [6.07, 6.45) is 0. The number of thiazole rings is 1. The molecule has 0 saturated carbocycles. The van der Waals surface area contributed by atoms with E-state index in [4.69, 9.17) is 4.74 Å². The number of thioether (sulfide) groups is 1. The molecule has 2 aromatic heterocycles. The highest BCUT2D eigenvalue weighted by Crippen LogP contribution is 2.25. The minimum absolute atomic E-state index is 0.134. The maximum Gasteiger partial charge on any atom is 0.236 e. The highest BCUT2D eigenvalue weighted by atomic mass is 32.2. The number of aromatic nitrogens is 4. The Bertz CT molecular complexity index is 1220. The van der Waals surface area contributed by atoms with Crippen molar-refractivity contribution >= 4 is 34.1 Å². The number of rotatable bonds is 9. The molecule has 2 heterocycles. The summed E-state index contributed by atoms with van der Waals surface area (Å²) >= 11 is 2.76. The van der Waals surface area contributed by atoms with Gasteiger partial charge in [-0.15, -0.1) is 21.5 Å². The third-order valence-electron chi connectivity index (χ3n) is 4.86. The molecule has 0 aliphatic carbocycles. The van der Waals surface area contributed by atoms with Crippen molar-refractivity contribution in [2.45, 2.75) is 38.5 Å². The molecule has 170 valence electrons. The molecule has 4 rings (SSSR count). The molecule has 2 aromatic carbocycles. The fourth-order valence-corrected chi connectivity index (χ4v) is 4.74. The van der Waals surface area contributed by atoms with Crippen LogP contribution in [-0.2, 0) is 11.4 Å². The number of para-hydroxylation sites is 2. The Balaban J connectivity index is 1.48. The van der Waals surface area contributed by atoms with Gasteiger partial charge in [0.05, 0.1) is 11.4 Å². The number of nitrogens with one attached hydrogen (secondary N) is 1. The van der Waals surface area contributed by atoms with Gasteiger partial charge in [0.1, 0.15) is 12.4 Å². The summed E-state index contributed by atoms with van der Waals surface area (Å²) < 4.78 is 7.93. The van der Waals surface area contributed by atoms with Crippen LogP contribution in [0.15, 0.2) is 65.1 Å². The molecule has 0 fully saturated rings. The molecule has 0 bridgehead atoms. The molecule has 0 aliphatic heterocycles. The molecule has 0 radical (unpaired) electrons. The first kappa shape index (κ1) is 23.0. The van der Waals surface area contributed by atoms with Crippen LogP contribution in [0.5, 0.6) is 5.75 Å². The number of aryl methyl sites for hydroxylation is 1. The van der Waals surface area contributed by atoms with Crippen LogP contribution in [0, 0.1) is 6.92 Å². The van der Waals surface area contributed by atoms with Crippen molar-refractivity contribution in [3.05, 3.63) is 77.1 Å². The number of carbonyl (C=O) groups excluding carboxylic acids is 1. The van der Waals surface area contributed by atoms with E-state index in [-0.39, 0.29) is 18.3 Å². The van der Waals surface area contributed by atoms with Gasteiger partial charge in [-0.05, 0) is 36.6 Å². The molecule has 4 aromatic rings. The number of anilines is 1. The number of nitrogens with zero attached hydrogens (tertiary/aromatic N) is 4. The van der Waals surface area contributed by atoms with Gasteiger partial charge in [-0.25, -0.2) is 4.98 Å². The lowest BCUT2D eigenvalue weighted by Gasteiger charge is -2.12. The first-order chi connectivity index (χ1) is 16.0. The Hall–Kier alpha value is -3.17. The van der Waals surface area contributed by atoms with E-state index in [2.05, 4.69) is 34.3 Å². The predicted molar refractivity (Wildman–Crippen MR) is 132 cm³/mol. The Kier molecular flexibility index (Phi) is 7.41. The minimum atomic E-state index is -0.134. The largest absolute Gasteiger partial charge is 0.485 e. The third kappa shape index (κ3) is 5.80. The second-order valence-electron chi connectivity index (χ2n) is 7.69. The van der Waals surface area contributed by atoms with Gasteiger partial charge in [-0.2, -0.15) is 0 Å². The SMILES string of the molecule is Cc1ccccc1OCc1nnc(SCC(=O)Nc2nc(C(C)C)cs2)n1-c1ccccc1. The number of carbonyl (C=O) groups is 1. The highest BCUT2D eigenvalue weighted by molar-refractivity contribution is 7.99. The van der Waals surface area contributed by atoms with Crippen LogP contribution < -0.4 is 10.1 Å². The monoisotopic (exact) mass is 479 g/mol. The zero-order valence-corrected chi connectivity index (χ0v) is 20.3. The highest BCUT2D eigenvalue weighted by Gasteiger charge is 2.17. The van der Waals surface area contributed by atoms with E-state index in [1.54, 1.807) is 0 Å². The molecule has 7 nitrogen and oxygen atoms in total. The van der Waals surface area contributed by atoms with Crippen molar-refractivity contribution in [1.82, 2.24) is 19.7 Å². The smallest absolute Gasteiger partial charge is 0.236 e. The van der Waals surface area contributed by atoms with Crippen LogP contribution in [0.4, 0.5) is 5.13 Å². The molecule has 9 heteroatoms. The topological polar surface area (TPSA) is 81.9 Å². The average molecular weight is 480 g/mol. The van der Waals surface area contributed by atoms with E-state index >= 15 is 0 Å². The lowest BCUT2D eigenvalue weighted by Crippen LogP contribution is -2.14. The van der Waals surface area contributed by atoms with Crippen molar-refractivity contribution in [3.63, 3.8) is 0 Å². The zero-order chi connectivity index (χ0) is 23.2. The molecule has 1 N–H and O–H groups in total. The molecule has 0 atom stereocenters. The lowest BCUT2D eigenvalue weighted by molar-refractivity contribution is -0.113. The Morgan fingerprint density at radius 3 is 2.61 bits per heavy atom. The Labute approximate surface area is 201 Å². The van der Waals surface area contributed by atoms with Crippen LogP contribution >= 0.6 is 23.1 Å². The zero-order valence-electron chi connectivity index (χ0n) is 18.7. The van der Waals surface area contributed by atoms with E-state index < -0.39 is 0 Å². The maximum absolute atomic E-state index is 12.5. The summed E-state index contributed by atoms with van der Waals surface area (Å²) in [5.41, 5.74) is 2.94. The summed E-state index contributed by atoms with van der Waals surface area (Å²) in [6, 6.07) is 17.7. The van der Waals surface area contributed by atoms with Crippen LogP contribution in [0.3, 0.4) is 0 Å². The van der Waals surface area contributed by atoms with Gasteiger partial charge in [0.25, 0.3) is 0 Å². The molecule has 0 spiro atoms. The van der Waals surface area contributed by atoms with E-state index in [0.717, 1.165) is 22.7 Å². The van der Waals surface area contributed by atoms with E-state index in [9.17, 15) is 4.79 Å². The van der Waals surface area contributed by atoms with Crippen molar-refractivity contribution in [1.29, 1.82) is 0 Å². The second kappa shape index (κ2) is 10.6. The fraction of sp³-hybridized carbons (Fsp3) is 0.250. The second-order valence-corrected chi connectivity index (χ2v) is 9.49. The predicted octanol–water partition coefficient (Wildman–Crippen LogP) is 5.47. The van der Waals surface area contributed by atoms with Crippen LogP contribution in [0.25, 0.3) is 5.69 Å². The fourth-order valence-electron chi connectivity index (χ4n) is 3.08. The van der Waals surface area contributed by atoms with E-state index in [0.29, 0.717) is 22.0 Å². The first-order valence-corrected chi connectivity index (χ1v) is 12.4. The van der Waals surface area contributed by atoms with Gasteiger partial charge < -0.3 is 10.1 Å². The molecular formula is C24H25N5O2S2. The van der Waals surface area contributed by atoms with E-state index in [1.165, 1.54) is 23.1 Å². The van der Waals surface area contributed by atoms with Crippen molar-refractivity contribution in [2.24, 2.45) is 0 Å². The summed E-state index contributed by atoms with van der Waals surface area (Å²) in [6.45, 7) is 6.42. The maximum atomic E-state index is 12.5. The van der Waals surface area contributed by atoms with Gasteiger partial charge >= 0.3 is 0 Å². The van der Waals surface area contributed by atoms with Crippen LogP contribution in [0.2, 0.25) is 0 Å². The molecule has 0 unspecified atom stereocenters. The van der Waals surface area contributed by atoms with Crippen LogP contribution in [-0.4, -0.2) is 31.4 Å². The summed E-state index contributed by atoms with van der Waals surface area (Å²) in [4.78, 5) is 17.0. The quantitative estimate of drug-likeness (QED) is 0.321. The van der Waals surface area contributed by atoms with Crippen LogP contribution in [0.1, 0.15) is 36.8 Å². The van der Waals surface area contributed by atoms with E-state index in [1.807, 2.05) is 71.5 Å². The number of hydrogen-bond acceptors (Lipinski definition) is 7. The summed E-state index contributed by atoms with van der Waals surface area (Å²) in [7, 11) is 0. The summed E-state index contributed by atoms with van der Waals surface area (Å²) in [5, 5.41) is 14.8. The first-order valence-electron chi connectivity index (χ1n) is 10.6. The van der Waals surface area contributed by atoms with Crippen molar-refractivity contribution in [3.8, 4) is 11.4 Å². The minimum Gasteiger partial charge on any atom is -0.485 e. The number of benzene rings is 2. The third-order valence-corrected chi connectivity index (χ3v) is 6.56. The lowest BCUT2D eigenvalue weighted by atomic mass is 10.2. The number of hydrogen-bond donors (Lipinski definition) is 1. The molecular weight excluding hydrogens is 454 g/mol. The van der Waals surface area contributed by atoms with Crippen molar-refractivity contribution in [2.75, 3.05) is 11.1 Å². The van der Waals surface area contributed by atoms with Crippen molar-refractivity contribution < 1.29 is 9.53 Å². The Morgan fingerprint density at radius 2 is 1.88 bits per heavy atom. The number of ether oxygens (including phenoxy) is 1. The number of amides is 1.